The van der Waals surface area contributed by atoms with Crippen molar-refractivity contribution in [2.75, 3.05) is 0 Å². The van der Waals surface area contributed by atoms with Crippen LogP contribution >= 0.6 is 0 Å². The average molecular weight is 222 g/mol. The molecule has 3 aliphatic carbocycles. The topological polar surface area (TPSA) is 9.23 Å². The minimum Gasteiger partial charge on any atom is -0.375 e. The molecule has 3 aliphatic rings. The third-order valence-electron chi connectivity index (χ3n) is 5.46. The van der Waals surface area contributed by atoms with Gasteiger partial charge >= 0.3 is 0 Å². The van der Waals surface area contributed by atoms with Gasteiger partial charge in [0.25, 0.3) is 0 Å². The van der Waals surface area contributed by atoms with E-state index in [1.165, 1.54) is 44.9 Å². The smallest absolute Gasteiger partial charge is 0.0609 e. The van der Waals surface area contributed by atoms with E-state index in [4.69, 9.17) is 4.74 Å². The molecule has 3 rings (SSSR count). The first kappa shape index (κ1) is 11.1. The normalized spacial score (nSPS) is 48.8. The molecule has 92 valence electrons. The maximum Gasteiger partial charge on any atom is 0.0609 e. The minimum atomic E-state index is 0.522. The standard InChI is InChI=1S/C15H26O/c1-10-3-5-13(7-10)11(2)16-15-9-12-4-6-14(15)8-12/h10-15H,3-9H2,1-2H3. The summed E-state index contributed by atoms with van der Waals surface area (Å²) in [6, 6.07) is 0. The molecule has 0 N–H and O–H groups in total. The molecule has 1 nitrogen and oxygen atoms in total. The lowest BCUT2D eigenvalue weighted by Gasteiger charge is -2.29. The van der Waals surface area contributed by atoms with Crippen LogP contribution in [0.1, 0.15) is 58.8 Å². The number of hydrogen-bond donors (Lipinski definition) is 0. The summed E-state index contributed by atoms with van der Waals surface area (Å²) in [6.45, 7) is 4.72. The van der Waals surface area contributed by atoms with Crippen LogP contribution in [-0.4, -0.2) is 12.2 Å². The van der Waals surface area contributed by atoms with Crippen molar-refractivity contribution in [3.8, 4) is 0 Å². The Balaban J connectivity index is 1.51. The number of ether oxygens (including phenoxy) is 1. The van der Waals surface area contributed by atoms with E-state index < -0.39 is 0 Å². The van der Waals surface area contributed by atoms with Gasteiger partial charge in [-0.05, 0) is 69.1 Å². The van der Waals surface area contributed by atoms with Crippen LogP contribution in [0.3, 0.4) is 0 Å². The zero-order chi connectivity index (χ0) is 11.1. The van der Waals surface area contributed by atoms with Crippen molar-refractivity contribution >= 4 is 0 Å². The molecule has 0 aromatic carbocycles. The second-order valence-electron chi connectivity index (χ2n) is 6.73. The zero-order valence-corrected chi connectivity index (χ0v) is 10.8. The Bertz CT molecular complexity index is 250. The van der Waals surface area contributed by atoms with E-state index in [2.05, 4.69) is 13.8 Å². The van der Waals surface area contributed by atoms with Gasteiger partial charge in [-0.3, -0.25) is 0 Å². The summed E-state index contributed by atoms with van der Waals surface area (Å²) >= 11 is 0. The van der Waals surface area contributed by atoms with Crippen LogP contribution in [0.15, 0.2) is 0 Å². The summed E-state index contributed by atoms with van der Waals surface area (Å²) < 4.78 is 6.38. The van der Waals surface area contributed by atoms with E-state index in [-0.39, 0.29) is 0 Å². The quantitative estimate of drug-likeness (QED) is 0.701. The highest BCUT2D eigenvalue weighted by atomic mass is 16.5. The van der Waals surface area contributed by atoms with Gasteiger partial charge < -0.3 is 4.74 Å². The second-order valence-corrected chi connectivity index (χ2v) is 6.73. The molecule has 0 aromatic rings. The van der Waals surface area contributed by atoms with Crippen molar-refractivity contribution in [2.45, 2.75) is 71.0 Å². The van der Waals surface area contributed by atoms with Crippen molar-refractivity contribution in [3.63, 3.8) is 0 Å². The largest absolute Gasteiger partial charge is 0.375 e. The zero-order valence-electron chi connectivity index (χ0n) is 10.8. The molecule has 0 saturated heterocycles. The highest BCUT2D eigenvalue weighted by molar-refractivity contribution is 4.92. The van der Waals surface area contributed by atoms with Gasteiger partial charge in [-0.15, -0.1) is 0 Å². The van der Waals surface area contributed by atoms with E-state index in [1.807, 2.05) is 0 Å². The molecule has 1 heteroatoms. The summed E-state index contributed by atoms with van der Waals surface area (Å²) in [5, 5.41) is 0. The summed E-state index contributed by atoms with van der Waals surface area (Å²) in [5.74, 6) is 3.74. The summed E-state index contributed by atoms with van der Waals surface area (Å²) in [7, 11) is 0. The Morgan fingerprint density at radius 2 is 1.88 bits per heavy atom. The maximum atomic E-state index is 6.38. The van der Waals surface area contributed by atoms with Crippen LogP contribution in [0.5, 0.6) is 0 Å². The molecule has 0 heterocycles. The van der Waals surface area contributed by atoms with Gasteiger partial charge in [0.15, 0.2) is 0 Å². The number of hydrogen-bond acceptors (Lipinski definition) is 1. The van der Waals surface area contributed by atoms with Crippen molar-refractivity contribution in [3.05, 3.63) is 0 Å². The third-order valence-corrected chi connectivity index (χ3v) is 5.46. The lowest BCUT2D eigenvalue weighted by Crippen LogP contribution is -2.29. The lowest BCUT2D eigenvalue weighted by atomic mass is 9.96. The Hall–Kier alpha value is -0.0400. The number of rotatable bonds is 3. The summed E-state index contributed by atoms with van der Waals surface area (Å²) in [5.41, 5.74) is 0. The van der Waals surface area contributed by atoms with E-state index in [0.29, 0.717) is 12.2 Å². The lowest BCUT2D eigenvalue weighted by molar-refractivity contribution is -0.0557. The van der Waals surface area contributed by atoms with Crippen molar-refractivity contribution in [2.24, 2.45) is 23.7 Å². The van der Waals surface area contributed by atoms with Crippen LogP contribution in [0, 0.1) is 23.7 Å². The van der Waals surface area contributed by atoms with Crippen molar-refractivity contribution in [1.82, 2.24) is 0 Å². The predicted octanol–water partition coefficient (Wildman–Crippen LogP) is 4.02. The monoisotopic (exact) mass is 222 g/mol. The first-order valence-electron chi connectivity index (χ1n) is 7.38. The van der Waals surface area contributed by atoms with Gasteiger partial charge in [0, 0.05) is 0 Å². The SMILES string of the molecule is CC1CCC(C(C)OC2CC3CCC2C3)C1. The predicted molar refractivity (Wildman–Crippen MR) is 66.3 cm³/mol. The van der Waals surface area contributed by atoms with Crippen LogP contribution < -0.4 is 0 Å². The fourth-order valence-electron chi connectivity index (χ4n) is 4.42. The Labute approximate surface area is 99.9 Å². The molecule has 3 saturated carbocycles. The maximum absolute atomic E-state index is 6.38. The average Bonchev–Trinajstić information content (AvgIpc) is 2.92. The van der Waals surface area contributed by atoms with Gasteiger partial charge in [-0.1, -0.05) is 13.3 Å². The third kappa shape index (κ3) is 2.03. The van der Waals surface area contributed by atoms with Crippen molar-refractivity contribution in [1.29, 1.82) is 0 Å². The minimum absolute atomic E-state index is 0.522. The molecule has 2 bridgehead atoms. The first-order chi connectivity index (χ1) is 7.72. The van der Waals surface area contributed by atoms with Crippen molar-refractivity contribution < 1.29 is 4.74 Å². The fourth-order valence-corrected chi connectivity index (χ4v) is 4.42. The summed E-state index contributed by atoms with van der Waals surface area (Å²) in [4.78, 5) is 0. The highest BCUT2D eigenvalue weighted by Crippen LogP contribution is 2.47. The fraction of sp³-hybridized carbons (Fsp3) is 1.00. The van der Waals surface area contributed by atoms with Gasteiger partial charge in [-0.25, -0.2) is 0 Å². The van der Waals surface area contributed by atoms with E-state index in [1.54, 1.807) is 0 Å². The molecule has 0 radical (unpaired) electrons. The van der Waals surface area contributed by atoms with Gasteiger partial charge in [0.2, 0.25) is 0 Å². The van der Waals surface area contributed by atoms with Crippen LogP contribution in [0.2, 0.25) is 0 Å². The molecule has 0 amide bonds. The molecule has 0 aromatic heterocycles. The van der Waals surface area contributed by atoms with E-state index >= 15 is 0 Å². The van der Waals surface area contributed by atoms with Gasteiger partial charge in [0.05, 0.1) is 12.2 Å². The molecule has 3 fully saturated rings. The van der Waals surface area contributed by atoms with Crippen LogP contribution in [0.25, 0.3) is 0 Å². The second kappa shape index (κ2) is 4.33. The Kier molecular flexibility index (Phi) is 2.99. The molecular weight excluding hydrogens is 196 g/mol. The molecular formula is C15H26O. The van der Waals surface area contributed by atoms with Crippen LogP contribution in [0.4, 0.5) is 0 Å². The molecule has 6 atom stereocenters. The number of fused-ring (bicyclic) bond motifs is 2. The molecule has 6 unspecified atom stereocenters. The Morgan fingerprint density at radius 1 is 1.00 bits per heavy atom. The van der Waals surface area contributed by atoms with Gasteiger partial charge in [0.1, 0.15) is 0 Å². The molecule has 16 heavy (non-hydrogen) atoms. The summed E-state index contributed by atoms with van der Waals surface area (Å²) in [6.07, 6.45) is 11.2. The highest BCUT2D eigenvalue weighted by Gasteiger charge is 2.41. The van der Waals surface area contributed by atoms with E-state index in [0.717, 1.165) is 23.7 Å². The Morgan fingerprint density at radius 3 is 2.44 bits per heavy atom. The van der Waals surface area contributed by atoms with Crippen LogP contribution in [-0.2, 0) is 4.74 Å². The molecule has 0 spiro atoms. The molecule has 0 aliphatic heterocycles. The van der Waals surface area contributed by atoms with E-state index in [9.17, 15) is 0 Å². The van der Waals surface area contributed by atoms with Gasteiger partial charge in [-0.2, -0.15) is 0 Å². The first-order valence-corrected chi connectivity index (χ1v) is 7.38.